The van der Waals surface area contributed by atoms with Gasteiger partial charge in [0.25, 0.3) is 0 Å². The van der Waals surface area contributed by atoms with Crippen LogP contribution in [-0.4, -0.2) is 31.1 Å². The zero-order chi connectivity index (χ0) is 20.8. The van der Waals surface area contributed by atoms with Gasteiger partial charge < -0.3 is 5.11 Å². The molecule has 0 spiro atoms. The molecule has 0 aliphatic heterocycles. The SMILES string of the molecule is CC(O)(CC(=O)Nc1nc2ccc(C(F)(F)F)nc2n1C1CCC1)CC1CCC1. The minimum absolute atomic E-state index is 0.0400. The van der Waals surface area contributed by atoms with Crippen LogP contribution in [0.2, 0.25) is 0 Å². The minimum Gasteiger partial charge on any atom is -0.390 e. The summed E-state index contributed by atoms with van der Waals surface area (Å²) in [5, 5.41) is 13.3. The third-order valence-electron chi connectivity index (χ3n) is 6.01. The van der Waals surface area contributed by atoms with E-state index in [0.717, 1.165) is 44.6 Å². The number of alkyl halides is 3. The van der Waals surface area contributed by atoms with Crippen LogP contribution in [0.1, 0.15) is 70.0 Å². The Morgan fingerprint density at radius 2 is 1.90 bits per heavy atom. The van der Waals surface area contributed by atoms with Crippen molar-refractivity contribution in [3.05, 3.63) is 17.8 Å². The van der Waals surface area contributed by atoms with Crippen LogP contribution in [0.25, 0.3) is 11.2 Å². The molecule has 2 aliphatic rings. The number of pyridine rings is 1. The molecule has 0 aromatic carbocycles. The molecule has 0 radical (unpaired) electrons. The highest BCUT2D eigenvalue weighted by Crippen LogP contribution is 2.38. The van der Waals surface area contributed by atoms with Crippen molar-refractivity contribution in [3.63, 3.8) is 0 Å². The van der Waals surface area contributed by atoms with Crippen molar-refractivity contribution in [2.45, 2.75) is 76.1 Å². The maximum Gasteiger partial charge on any atom is 0.433 e. The number of halogens is 3. The van der Waals surface area contributed by atoms with E-state index in [1.54, 1.807) is 11.5 Å². The number of hydrogen-bond donors (Lipinski definition) is 2. The molecule has 0 saturated heterocycles. The quantitative estimate of drug-likeness (QED) is 0.738. The normalized spacial score (nSPS) is 20.2. The van der Waals surface area contributed by atoms with E-state index in [4.69, 9.17) is 0 Å². The first-order valence-electron chi connectivity index (χ1n) is 10.1. The van der Waals surface area contributed by atoms with Gasteiger partial charge in [0.05, 0.1) is 12.0 Å². The lowest BCUT2D eigenvalue weighted by atomic mass is 9.77. The maximum absolute atomic E-state index is 13.1. The summed E-state index contributed by atoms with van der Waals surface area (Å²) in [5.74, 6) is 0.240. The van der Waals surface area contributed by atoms with Crippen molar-refractivity contribution in [2.75, 3.05) is 5.32 Å². The van der Waals surface area contributed by atoms with Gasteiger partial charge in [-0.1, -0.05) is 19.3 Å². The Morgan fingerprint density at radius 1 is 1.21 bits per heavy atom. The van der Waals surface area contributed by atoms with E-state index < -0.39 is 23.4 Å². The maximum atomic E-state index is 13.1. The summed E-state index contributed by atoms with van der Waals surface area (Å²) < 4.78 is 40.9. The zero-order valence-electron chi connectivity index (χ0n) is 16.3. The molecular formula is C20H25F3N4O2. The molecule has 1 amide bonds. The number of fused-ring (bicyclic) bond motifs is 1. The lowest BCUT2D eigenvalue weighted by Gasteiger charge is -2.33. The fourth-order valence-electron chi connectivity index (χ4n) is 4.12. The second-order valence-electron chi connectivity index (χ2n) is 8.65. The van der Waals surface area contributed by atoms with E-state index in [0.29, 0.717) is 17.9 Å². The van der Waals surface area contributed by atoms with E-state index in [9.17, 15) is 23.1 Å². The molecule has 1 unspecified atom stereocenters. The van der Waals surface area contributed by atoms with Gasteiger partial charge in [0.15, 0.2) is 5.65 Å². The molecule has 9 heteroatoms. The van der Waals surface area contributed by atoms with Crippen LogP contribution in [0.15, 0.2) is 12.1 Å². The van der Waals surface area contributed by atoms with Crippen LogP contribution in [0.3, 0.4) is 0 Å². The molecule has 2 fully saturated rings. The minimum atomic E-state index is -4.55. The van der Waals surface area contributed by atoms with Crippen molar-refractivity contribution in [1.29, 1.82) is 0 Å². The van der Waals surface area contributed by atoms with E-state index in [1.165, 1.54) is 6.07 Å². The number of carbonyl (C=O) groups excluding carboxylic acids is 1. The molecule has 158 valence electrons. The molecule has 2 aliphatic carbocycles. The molecule has 2 aromatic heterocycles. The van der Waals surface area contributed by atoms with E-state index in [1.807, 2.05) is 0 Å². The van der Waals surface area contributed by atoms with E-state index >= 15 is 0 Å². The van der Waals surface area contributed by atoms with Crippen molar-refractivity contribution < 1.29 is 23.1 Å². The molecular weight excluding hydrogens is 385 g/mol. The number of aliphatic hydroxyl groups is 1. The molecule has 2 heterocycles. The number of rotatable bonds is 6. The average molecular weight is 410 g/mol. The highest BCUT2D eigenvalue weighted by molar-refractivity contribution is 5.91. The number of nitrogens with one attached hydrogen (secondary N) is 1. The first-order valence-corrected chi connectivity index (χ1v) is 10.1. The van der Waals surface area contributed by atoms with Crippen molar-refractivity contribution in [1.82, 2.24) is 14.5 Å². The Hall–Kier alpha value is -2.16. The number of nitrogens with zero attached hydrogens (tertiary/aromatic N) is 3. The molecule has 2 saturated carbocycles. The molecule has 0 bridgehead atoms. The topological polar surface area (TPSA) is 80.0 Å². The molecule has 2 N–H and O–H groups in total. The molecule has 1 atom stereocenters. The van der Waals surface area contributed by atoms with Gasteiger partial charge in [0, 0.05) is 6.04 Å². The third kappa shape index (κ3) is 4.24. The molecule has 4 rings (SSSR count). The Bertz CT molecular complexity index is 914. The van der Waals surface area contributed by atoms with Gasteiger partial charge in [-0.2, -0.15) is 13.2 Å². The predicted molar refractivity (Wildman–Crippen MR) is 101 cm³/mol. The summed E-state index contributed by atoms with van der Waals surface area (Å²) in [6.45, 7) is 1.65. The number of imidazole rings is 1. The van der Waals surface area contributed by atoms with Crippen molar-refractivity contribution in [2.24, 2.45) is 5.92 Å². The van der Waals surface area contributed by atoms with Crippen molar-refractivity contribution in [3.8, 4) is 0 Å². The van der Waals surface area contributed by atoms with Crippen LogP contribution >= 0.6 is 0 Å². The monoisotopic (exact) mass is 410 g/mol. The van der Waals surface area contributed by atoms with Gasteiger partial charge in [-0.25, -0.2) is 9.97 Å². The summed E-state index contributed by atoms with van der Waals surface area (Å²) in [4.78, 5) is 20.7. The lowest BCUT2D eigenvalue weighted by Crippen LogP contribution is -2.35. The molecule has 6 nitrogen and oxygen atoms in total. The average Bonchev–Trinajstić information content (AvgIpc) is 2.85. The largest absolute Gasteiger partial charge is 0.433 e. The Morgan fingerprint density at radius 3 is 2.45 bits per heavy atom. The van der Waals surface area contributed by atoms with E-state index in [-0.39, 0.29) is 24.1 Å². The predicted octanol–water partition coefficient (Wildman–Crippen LogP) is 4.44. The summed E-state index contributed by atoms with van der Waals surface area (Å²) in [7, 11) is 0. The highest BCUT2D eigenvalue weighted by atomic mass is 19.4. The summed E-state index contributed by atoms with van der Waals surface area (Å²) >= 11 is 0. The van der Waals surface area contributed by atoms with Gasteiger partial charge >= 0.3 is 6.18 Å². The summed E-state index contributed by atoms with van der Waals surface area (Å²) in [6, 6.07) is 2.14. The van der Waals surface area contributed by atoms with Gasteiger partial charge in [0.1, 0.15) is 11.2 Å². The van der Waals surface area contributed by atoms with Crippen LogP contribution < -0.4 is 5.32 Å². The number of hydrogen-bond acceptors (Lipinski definition) is 4. The molecule has 29 heavy (non-hydrogen) atoms. The van der Waals surface area contributed by atoms with Crippen molar-refractivity contribution >= 4 is 23.0 Å². The van der Waals surface area contributed by atoms with Gasteiger partial charge in [-0.15, -0.1) is 0 Å². The fraction of sp³-hybridized carbons (Fsp3) is 0.650. The first kappa shape index (κ1) is 20.1. The summed E-state index contributed by atoms with van der Waals surface area (Å²) in [5.41, 5.74) is -1.67. The molecule has 2 aromatic rings. The van der Waals surface area contributed by atoms with Crippen LogP contribution in [0, 0.1) is 5.92 Å². The third-order valence-corrected chi connectivity index (χ3v) is 6.01. The number of carbonyl (C=O) groups is 1. The van der Waals surface area contributed by atoms with Gasteiger partial charge in [-0.05, 0) is 50.7 Å². The lowest BCUT2D eigenvalue weighted by molar-refractivity contribution is -0.141. The number of aromatic nitrogens is 3. The second kappa shape index (κ2) is 7.27. The Balaban J connectivity index is 1.58. The zero-order valence-corrected chi connectivity index (χ0v) is 16.3. The van der Waals surface area contributed by atoms with Crippen LogP contribution in [-0.2, 0) is 11.0 Å². The Labute approximate surface area is 166 Å². The van der Waals surface area contributed by atoms with Crippen LogP contribution in [0.4, 0.5) is 19.1 Å². The van der Waals surface area contributed by atoms with E-state index in [2.05, 4.69) is 15.3 Å². The Kier molecular flexibility index (Phi) is 5.04. The standard InChI is InChI=1S/C20H25F3N4O2/c1-19(29,10-12-4-2-5-12)11-16(28)26-18-24-14-8-9-15(20(21,22)23)25-17(14)27(18)13-6-3-7-13/h8-9,12-13,29H,2-7,10-11H2,1H3,(H,24,26,28). The van der Waals surface area contributed by atoms with Gasteiger partial charge in [-0.3, -0.25) is 14.7 Å². The highest BCUT2D eigenvalue weighted by Gasteiger charge is 2.35. The van der Waals surface area contributed by atoms with Gasteiger partial charge in [0.2, 0.25) is 11.9 Å². The smallest absolute Gasteiger partial charge is 0.390 e. The first-order chi connectivity index (χ1) is 13.6. The van der Waals surface area contributed by atoms with Crippen LogP contribution in [0.5, 0.6) is 0 Å². The number of amides is 1. The fourth-order valence-corrected chi connectivity index (χ4v) is 4.12. The summed E-state index contributed by atoms with van der Waals surface area (Å²) in [6.07, 6.45) is 1.79. The second-order valence-corrected chi connectivity index (χ2v) is 8.65. The number of anilines is 1.